The highest BCUT2D eigenvalue weighted by Crippen LogP contribution is 2.31. The summed E-state index contributed by atoms with van der Waals surface area (Å²) in [5.74, 6) is 0.902. The van der Waals surface area contributed by atoms with E-state index in [1.165, 1.54) is 11.3 Å². The van der Waals surface area contributed by atoms with Gasteiger partial charge >= 0.3 is 0 Å². The summed E-state index contributed by atoms with van der Waals surface area (Å²) in [6.45, 7) is 3.52. The van der Waals surface area contributed by atoms with Gasteiger partial charge in [0, 0.05) is 30.8 Å². The zero-order valence-corrected chi connectivity index (χ0v) is 14.4. The first-order valence-corrected chi connectivity index (χ1v) is 8.73. The van der Waals surface area contributed by atoms with E-state index in [2.05, 4.69) is 45.8 Å². The summed E-state index contributed by atoms with van der Waals surface area (Å²) in [6, 6.07) is 17.0. The Morgan fingerprint density at radius 3 is 2.60 bits per heavy atom. The minimum absolute atomic E-state index is 0.157. The molecule has 0 bridgehead atoms. The molecule has 4 rings (SSSR count). The van der Waals surface area contributed by atoms with E-state index in [0.29, 0.717) is 0 Å². The molecule has 5 nitrogen and oxygen atoms in total. The lowest BCUT2D eigenvalue weighted by Crippen LogP contribution is -2.36. The van der Waals surface area contributed by atoms with Crippen LogP contribution in [-0.2, 0) is 4.74 Å². The fourth-order valence-electron chi connectivity index (χ4n) is 3.44. The van der Waals surface area contributed by atoms with Crippen LogP contribution in [0.25, 0.3) is 0 Å². The second-order valence-corrected chi connectivity index (χ2v) is 6.33. The van der Waals surface area contributed by atoms with Crippen LogP contribution in [0.5, 0.6) is 5.75 Å². The molecular formula is C20H23N3O2. The largest absolute Gasteiger partial charge is 0.496 e. The van der Waals surface area contributed by atoms with Crippen molar-refractivity contribution in [2.24, 2.45) is 5.10 Å². The third kappa shape index (κ3) is 3.33. The van der Waals surface area contributed by atoms with Crippen LogP contribution in [0.1, 0.15) is 23.6 Å². The molecule has 2 aliphatic heterocycles. The second kappa shape index (κ2) is 7.15. The summed E-state index contributed by atoms with van der Waals surface area (Å²) in [5, 5.41) is 4.56. The van der Waals surface area contributed by atoms with Crippen LogP contribution in [-0.4, -0.2) is 39.1 Å². The number of methoxy groups -OCH3 is 1. The molecule has 2 heterocycles. The zero-order valence-electron chi connectivity index (χ0n) is 14.4. The normalized spacial score (nSPS) is 20.1. The van der Waals surface area contributed by atoms with E-state index < -0.39 is 0 Å². The quantitative estimate of drug-likeness (QED) is 0.932. The number of hydrazone groups is 1. The summed E-state index contributed by atoms with van der Waals surface area (Å²) in [5.41, 5.74) is 7.91. The molecule has 1 atom stereocenters. The number of hydrogen-bond acceptors (Lipinski definition) is 5. The average Bonchev–Trinajstić information content (AvgIpc) is 3.19. The van der Waals surface area contributed by atoms with E-state index in [9.17, 15) is 0 Å². The summed E-state index contributed by atoms with van der Waals surface area (Å²) in [7, 11) is 1.71. The molecule has 0 aliphatic carbocycles. The van der Waals surface area contributed by atoms with Crippen molar-refractivity contribution < 1.29 is 9.47 Å². The van der Waals surface area contributed by atoms with E-state index in [4.69, 9.17) is 9.47 Å². The molecule has 1 saturated heterocycles. The summed E-state index contributed by atoms with van der Waals surface area (Å²) >= 11 is 0. The van der Waals surface area contributed by atoms with Gasteiger partial charge in [0.25, 0.3) is 0 Å². The number of morpholine rings is 1. The Morgan fingerprint density at radius 2 is 1.84 bits per heavy atom. The lowest BCUT2D eigenvalue weighted by atomic mass is 9.98. The molecule has 2 aromatic rings. The first-order chi connectivity index (χ1) is 12.3. The zero-order chi connectivity index (χ0) is 17.1. The van der Waals surface area contributed by atoms with Crippen LogP contribution >= 0.6 is 0 Å². The fourth-order valence-corrected chi connectivity index (χ4v) is 3.44. The number of nitrogens with one attached hydrogen (secondary N) is 1. The number of rotatable bonds is 4. The number of ether oxygens (including phenoxy) is 2. The minimum atomic E-state index is 0.157. The van der Waals surface area contributed by atoms with E-state index in [1.807, 2.05) is 18.2 Å². The van der Waals surface area contributed by atoms with Crippen molar-refractivity contribution in [3.05, 3.63) is 59.7 Å². The number of benzene rings is 2. The maximum atomic E-state index is 5.47. The molecule has 25 heavy (non-hydrogen) atoms. The Hall–Kier alpha value is -2.53. The van der Waals surface area contributed by atoms with Gasteiger partial charge in [-0.15, -0.1) is 0 Å². The summed E-state index contributed by atoms with van der Waals surface area (Å²) in [6.07, 6.45) is 0.858. The van der Waals surface area contributed by atoms with Gasteiger partial charge in [0.05, 0.1) is 32.1 Å². The van der Waals surface area contributed by atoms with E-state index in [1.54, 1.807) is 7.11 Å². The summed E-state index contributed by atoms with van der Waals surface area (Å²) < 4.78 is 10.9. The maximum absolute atomic E-state index is 5.47. The number of nitrogens with zero attached hydrogens (tertiary/aromatic N) is 2. The molecule has 0 amide bonds. The van der Waals surface area contributed by atoms with Gasteiger partial charge in [-0.2, -0.15) is 5.10 Å². The van der Waals surface area contributed by atoms with Crippen molar-refractivity contribution in [1.29, 1.82) is 0 Å². The SMILES string of the molecule is COc1ccccc1C1CC(c2ccc(N3CCOCC3)cc2)=NN1. The van der Waals surface area contributed by atoms with Gasteiger partial charge in [-0.1, -0.05) is 30.3 Å². The van der Waals surface area contributed by atoms with E-state index in [-0.39, 0.29) is 6.04 Å². The van der Waals surface area contributed by atoms with Crippen molar-refractivity contribution in [2.45, 2.75) is 12.5 Å². The second-order valence-electron chi connectivity index (χ2n) is 6.33. The monoisotopic (exact) mass is 337 g/mol. The fraction of sp³-hybridized carbons (Fsp3) is 0.350. The van der Waals surface area contributed by atoms with Gasteiger partial charge in [0.1, 0.15) is 5.75 Å². The smallest absolute Gasteiger partial charge is 0.124 e. The molecule has 0 saturated carbocycles. The number of anilines is 1. The first-order valence-electron chi connectivity index (χ1n) is 8.73. The minimum Gasteiger partial charge on any atom is -0.496 e. The van der Waals surface area contributed by atoms with Crippen LogP contribution in [0.4, 0.5) is 5.69 Å². The standard InChI is InChI=1S/C20H23N3O2/c1-24-20-5-3-2-4-17(20)19-14-18(21-22-19)15-6-8-16(9-7-15)23-10-12-25-13-11-23/h2-9,19,22H,10-14H2,1H3. The molecule has 0 aromatic heterocycles. The Labute approximate surface area is 148 Å². The highest BCUT2D eigenvalue weighted by atomic mass is 16.5. The molecule has 1 unspecified atom stereocenters. The lowest BCUT2D eigenvalue weighted by Gasteiger charge is -2.28. The van der Waals surface area contributed by atoms with Crippen LogP contribution in [0, 0.1) is 0 Å². The van der Waals surface area contributed by atoms with Gasteiger partial charge in [0.2, 0.25) is 0 Å². The van der Waals surface area contributed by atoms with E-state index in [0.717, 1.165) is 49.7 Å². The van der Waals surface area contributed by atoms with Crippen LogP contribution in [0.2, 0.25) is 0 Å². The van der Waals surface area contributed by atoms with Gasteiger partial charge in [-0.05, 0) is 23.8 Å². The lowest BCUT2D eigenvalue weighted by molar-refractivity contribution is 0.122. The van der Waals surface area contributed by atoms with E-state index >= 15 is 0 Å². The molecule has 1 fully saturated rings. The number of hydrogen-bond donors (Lipinski definition) is 1. The molecule has 0 radical (unpaired) electrons. The van der Waals surface area contributed by atoms with Gasteiger partial charge in [0.15, 0.2) is 0 Å². The third-order valence-corrected chi connectivity index (χ3v) is 4.84. The average molecular weight is 337 g/mol. The molecule has 0 spiro atoms. The Balaban J connectivity index is 1.46. The molecule has 1 N–H and O–H groups in total. The molecule has 2 aliphatic rings. The van der Waals surface area contributed by atoms with Gasteiger partial charge in [-0.3, -0.25) is 0 Å². The topological polar surface area (TPSA) is 46.1 Å². The third-order valence-electron chi connectivity index (χ3n) is 4.84. The Morgan fingerprint density at radius 1 is 1.08 bits per heavy atom. The molecular weight excluding hydrogens is 314 g/mol. The van der Waals surface area contributed by atoms with Crippen molar-refractivity contribution in [2.75, 3.05) is 38.3 Å². The van der Waals surface area contributed by atoms with Gasteiger partial charge in [-0.25, -0.2) is 0 Å². The van der Waals surface area contributed by atoms with Crippen molar-refractivity contribution in [1.82, 2.24) is 5.43 Å². The molecule has 130 valence electrons. The van der Waals surface area contributed by atoms with Crippen LogP contribution in [0.3, 0.4) is 0 Å². The van der Waals surface area contributed by atoms with Crippen molar-refractivity contribution >= 4 is 11.4 Å². The van der Waals surface area contributed by atoms with Crippen LogP contribution in [0.15, 0.2) is 53.6 Å². The van der Waals surface area contributed by atoms with Crippen molar-refractivity contribution in [3.8, 4) is 5.75 Å². The maximum Gasteiger partial charge on any atom is 0.124 e. The highest BCUT2D eigenvalue weighted by molar-refractivity contribution is 6.02. The Kier molecular flexibility index (Phi) is 4.57. The summed E-state index contributed by atoms with van der Waals surface area (Å²) in [4.78, 5) is 2.36. The van der Waals surface area contributed by atoms with Crippen LogP contribution < -0.4 is 15.1 Å². The van der Waals surface area contributed by atoms with Gasteiger partial charge < -0.3 is 19.8 Å². The van der Waals surface area contributed by atoms with Crippen molar-refractivity contribution in [3.63, 3.8) is 0 Å². The number of para-hydroxylation sites is 1. The predicted molar refractivity (Wildman–Crippen MR) is 99.5 cm³/mol. The first kappa shape index (κ1) is 16.0. The highest BCUT2D eigenvalue weighted by Gasteiger charge is 2.23. The Bertz CT molecular complexity index is 752. The molecule has 5 heteroatoms. The molecule has 2 aromatic carbocycles. The predicted octanol–water partition coefficient (Wildman–Crippen LogP) is 2.97.